The van der Waals surface area contributed by atoms with Gasteiger partial charge in [-0.1, -0.05) is 12.1 Å². The molecule has 1 saturated heterocycles. The number of ether oxygens (including phenoxy) is 3. The van der Waals surface area contributed by atoms with Gasteiger partial charge in [0.2, 0.25) is 0 Å². The molecule has 1 aromatic heterocycles. The molecule has 0 N–H and O–H groups in total. The quantitative estimate of drug-likeness (QED) is 0.440. The van der Waals surface area contributed by atoms with Crippen molar-refractivity contribution in [2.24, 2.45) is 0 Å². The molecular weight excluding hydrogens is 282 g/mol. The van der Waals surface area contributed by atoms with Gasteiger partial charge in [-0.25, -0.2) is 4.79 Å². The van der Waals surface area contributed by atoms with Gasteiger partial charge in [0, 0.05) is 18.4 Å². The van der Waals surface area contributed by atoms with Crippen LogP contribution in [0.5, 0.6) is 0 Å². The van der Waals surface area contributed by atoms with Gasteiger partial charge in [0.05, 0.1) is 12.3 Å². The van der Waals surface area contributed by atoms with Crippen molar-refractivity contribution >= 4 is 5.97 Å². The Labute approximate surface area is 131 Å². The molecule has 1 aromatic rings. The maximum atomic E-state index is 11.8. The lowest BCUT2D eigenvalue weighted by molar-refractivity contribution is -0.161. The predicted molar refractivity (Wildman–Crippen MR) is 82.0 cm³/mol. The Kier molecular flexibility index (Phi) is 7.06. The number of pyridine rings is 1. The van der Waals surface area contributed by atoms with Crippen LogP contribution in [0.25, 0.3) is 0 Å². The lowest BCUT2D eigenvalue weighted by Crippen LogP contribution is -2.22. The van der Waals surface area contributed by atoms with Crippen LogP contribution in [0.15, 0.2) is 36.0 Å². The number of aromatic nitrogens is 1. The van der Waals surface area contributed by atoms with Gasteiger partial charge in [0.1, 0.15) is 6.61 Å². The monoisotopic (exact) mass is 305 g/mol. The van der Waals surface area contributed by atoms with E-state index in [4.69, 9.17) is 14.2 Å². The van der Waals surface area contributed by atoms with Crippen LogP contribution >= 0.6 is 0 Å². The van der Waals surface area contributed by atoms with Crippen molar-refractivity contribution in [3.63, 3.8) is 0 Å². The van der Waals surface area contributed by atoms with Crippen molar-refractivity contribution in [3.05, 3.63) is 41.7 Å². The second kappa shape index (κ2) is 9.33. The minimum Gasteiger partial charge on any atom is -0.456 e. The number of rotatable bonds is 7. The van der Waals surface area contributed by atoms with E-state index in [1.54, 1.807) is 13.1 Å². The topological polar surface area (TPSA) is 57.7 Å². The van der Waals surface area contributed by atoms with Crippen LogP contribution in [-0.4, -0.2) is 30.5 Å². The summed E-state index contributed by atoms with van der Waals surface area (Å²) in [5.41, 5.74) is 1.32. The van der Waals surface area contributed by atoms with Crippen LogP contribution in [0.4, 0.5) is 0 Å². The van der Waals surface area contributed by atoms with Crippen molar-refractivity contribution < 1.29 is 19.0 Å². The first kappa shape index (κ1) is 16.6. The summed E-state index contributed by atoms with van der Waals surface area (Å²) in [5, 5.41) is 0. The summed E-state index contributed by atoms with van der Waals surface area (Å²) in [6.07, 6.45) is 7.32. The molecule has 1 atom stereocenters. The highest BCUT2D eigenvalue weighted by molar-refractivity contribution is 5.87. The smallest absolute Gasteiger partial charge is 0.333 e. The highest BCUT2D eigenvalue weighted by atomic mass is 16.7. The molecule has 5 heteroatoms. The standard InChI is InChI=1S/C17H23NO4/c1-14(7-6-12-21-16-9-3-5-11-20-16)17(19)22-13-15-8-2-4-10-18-15/h2,4,7-8,10,16H,3,5-6,9,11-13H2,1H3/b14-7+. The SMILES string of the molecule is C/C(=C\CCOC1CCCCO1)C(=O)OCc1ccccn1. The van der Waals surface area contributed by atoms with Crippen molar-refractivity contribution in [1.29, 1.82) is 0 Å². The molecular formula is C17H23NO4. The van der Waals surface area contributed by atoms with Crippen molar-refractivity contribution in [1.82, 2.24) is 4.98 Å². The van der Waals surface area contributed by atoms with E-state index in [0.717, 1.165) is 31.6 Å². The van der Waals surface area contributed by atoms with Crippen LogP contribution in [0, 0.1) is 0 Å². The van der Waals surface area contributed by atoms with Gasteiger partial charge in [0.15, 0.2) is 6.29 Å². The largest absolute Gasteiger partial charge is 0.456 e. The number of esters is 1. The molecule has 0 aliphatic carbocycles. The molecule has 0 amide bonds. The molecule has 2 rings (SSSR count). The van der Waals surface area contributed by atoms with E-state index in [-0.39, 0.29) is 18.9 Å². The Morgan fingerprint density at radius 3 is 3.09 bits per heavy atom. The maximum Gasteiger partial charge on any atom is 0.333 e. The van der Waals surface area contributed by atoms with Gasteiger partial charge in [-0.05, 0) is 44.7 Å². The summed E-state index contributed by atoms with van der Waals surface area (Å²) in [6.45, 7) is 3.27. The zero-order valence-electron chi connectivity index (χ0n) is 13.0. The minimum atomic E-state index is -0.320. The van der Waals surface area contributed by atoms with E-state index in [9.17, 15) is 4.79 Å². The molecule has 22 heavy (non-hydrogen) atoms. The molecule has 1 fully saturated rings. The Morgan fingerprint density at radius 2 is 2.36 bits per heavy atom. The Hall–Kier alpha value is -1.72. The number of hydrogen-bond acceptors (Lipinski definition) is 5. The number of carbonyl (C=O) groups is 1. The van der Waals surface area contributed by atoms with Gasteiger partial charge < -0.3 is 14.2 Å². The third-order valence-corrected chi connectivity index (χ3v) is 3.41. The summed E-state index contributed by atoms with van der Waals surface area (Å²) >= 11 is 0. The van der Waals surface area contributed by atoms with E-state index in [0.29, 0.717) is 18.6 Å². The van der Waals surface area contributed by atoms with Gasteiger partial charge >= 0.3 is 5.97 Å². The van der Waals surface area contributed by atoms with E-state index in [2.05, 4.69) is 4.98 Å². The third kappa shape index (κ3) is 5.95. The van der Waals surface area contributed by atoms with Crippen LogP contribution in [0.2, 0.25) is 0 Å². The summed E-state index contributed by atoms with van der Waals surface area (Å²) < 4.78 is 16.3. The molecule has 5 nitrogen and oxygen atoms in total. The lowest BCUT2D eigenvalue weighted by atomic mass is 10.2. The van der Waals surface area contributed by atoms with Crippen molar-refractivity contribution in [3.8, 4) is 0 Å². The predicted octanol–water partition coefficient (Wildman–Crippen LogP) is 3.00. The normalized spacial score (nSPS) is 19.0. The fourth-order valence-electron chi connectivity index (χ4n) is 2.14. The molecule has 0 saturated carbocycles. The molecule has 1 aliphatic rings. The molecule has 0 spiro atoms. The zero-order chi connectivity index (χ0) is 15.6. The van der Waals surface area contributed by atoms with Gasteiger partial charge in [-0.2, -0.15) is 0 Å². The van der Waals surface area contributed by atoms with Gasteiger partial charge in [-0.3, -0.25) is 4.98 Å². The Bertz CT molecular complexity index is 481. The van der Waals surface area contributed by atoms with E-state index >= 15 is 0 Å². The highest BCUT2D eigenvalue weighted by Gasteiger charge is 2.13. The Morgan fingerprint density at radius 1 is 1.45 bits per heavy atom. The number of nitrogens with zero attached hydrogens (tertiary/aromatic N) is 1. The second-order valence-corrected chi connectivity index (χ2v) is 5.24. The van der Waals surface area contributed by atoms with Crippen molar-refractivity contribution in [2.75, 3.05) is 13.2 Å². The van der Waals surface area contributed by atoms with Gasteiger partial charge in [-0.15, -0.1) is 0 Å². The lowest BCUT2D eigenvalue weighted by Gasteiger charge is -2.22. The third-order valence-electron chi connectivity index (χ3n) is 3.41. The summed E-state index contributed by atoms with van der Waals surface area (Å²) in [5.74, 6) is -0.320. The molecule has 0 bridgehead atoms. The molecule has 0 aromatic carbocycles. The first-order valence-corrected chi connectivity index (χ1v) is 7.72. The Balaban J connectivity index is 1.64. The first-order chi connectivity index (χ1) is 10.8. The van der Waals surface area contributed by atoms with Crippen molar-refractivity contribution in [2.45, 2.75) is 45.5 Å². The fourth-order valence-corrected chi connectivity index (χ4v) is 2.14. The fraction of sp³-hybridized carbons (Fsp3) is 0.529. The molecule has 1 unspecified atom stereocenters. The van der Waals surface area contributed by atoms with Gasteiger partial charge in [0.25, 0.3) is 0 Å². The van der Waals surface area contributed by atoms with Crippen LogP contribution in [0.1, 0.15) is 38.3 Å². The minimum absolute atomic E-state index is 0.0847. The summed E-state index contributed by atoms with van der Waals surface area (Å²) in [6, 6.07) is 5.51. The second-order valence-electron chi connectivity index (χ2n) is 5.24. The maximum absolute atomic E-state index is 11.8. The van der Waals surface area contributed by atoms with Crippen LogP contribution in [0.3, 0.4) is 0 Å². The van der Waals surface area contributed by atoms with Crippen LogP contribution < -0.4 is 0 Å². The average molecular weight is 305 g/mol. The number of carbonyl (C=O) groups excluding carboxylic acids is 1. The van der Waals surface area contributed by atoms with E-state index in [1.165, 1.54) is 0 Å². The molecule has 1 aliphatic heterocycles. The zero-order valence-corrected chi connectivity index (χ0v) is 13.0. The molecule has 120 valence electrons. The number of hydrogen-bond donors (Lipinski definition) is 0. The van der Waals surface area contributed by atoms with E-state index in [1.807, 2.05) is 24.3 Å². The summed E-state index contributed by atoms with van der Waals surface area (Å²) in [7, 11) is 0. The van der Waals surface area contributed by atoms with Crippen LogP contribution in [-0.2, 0) is 25.6 Å². The molecule has 0 radical (unpaired) electrons. The first-order valence-electron chi connectivity index (χ1n) is 7.72. The summed E-state index contributed by atoms with van der Waals surface area (Å²) in [4.78, 5) is 15.9. The van der Waals surface area contributed by atoms with E-state index < -0.39 is 0 Å². The molecule has 2 heterocycles. The average Bonchev–Trinajstić information content (AvgIpc) is 2.58. The highest BCUT2D eigenvalue weighted by Crippen LogP contribution is 2.14.